The first kappa shape index (κ1) is 20.6. The number of amides is 1. The van der Waals surface area contributed by atoms with E-state index < -0.39 is 4.92 Å². The van der Waals surface area contributed by atoms with Crippen molar-refractivity contribution in [2.75, 3.05) is 32.3 Å². The van der Waals surface area contributed by atoms with Crippen molar-refractivity contribution in [3.05, 3.63) is 57.6 Å². The van der Waals surface area contributed by atoms with Gasteiger partial charge in [-0.2, -0.15) is 0 Å². The van der Waals surface area contributed by atoms with E-state index in [2.05, 4.69) is 5.32 Å². The fraction of sp³-hybridized carbons (Fsp3) is 0.350. The lowest BCUT2D eigenvalue weighted by atomic mass is 10.1. The number of methoxy groups -OCH3 is 1. The predicted octanol–water partition coefficient (Wildman–Crippen LogP) is 2.93. The van der Waals surface area contributed by atoms with Gasteiger partial charge in [0.25, 0.3) is 5.69 Å². The van der Waals surface area contributed by atoms with Gasteiger partial charge in [0.15, 0.2) is 6.79 Å². The summed E-state index contributed by atoms with van der Waals surface area (Å²) in [6, 6.07) is 10.0. The first-order valence-electron chi connectivity index (χ1n) is 9.17. The Hall–Kier alpha value is -3.17. The van der Waals surface area contributed by atoms with Gasteiger partial charge in [-0.05, 0) is 30.8 Å². The molecule has 0 atom stereocenters. The summed E-state index contributed by atoms with van der Waals surface area (Å²) in [4.78, 5) is 25.2. The van der Waals surface area contributed by atoms with Gasteiger partial charge in [0.05, 0.1) is 25.2 Å². The molecule has 0 unspecified atom stereocenters. The standard InChI is InChI=1S/C20H23N3O6/c1-3-22(11-19(24)21-16-4-6-18(27-2)7-5-16)10-14-8-17(23(25)26)9-15-12-28-13-29-20(14)15/h4-9H,3,10-13H2,1-2H3,(H,21,24). The van der Waals surface area contributed by atoms with E-state index in [0.29, 0.717) is 41.4 Å². The van der Waals surface area contributed by atoms with E-state index in [4.69, 9.17) is 14.2 Å². The summed E-state index contributed by atoms with van der Waals surface area (Å²) in [6.07, 6.45) is 0. The third-order valence-corrected chi connectivity index (χ3v) is 4.56. The highest BCUT2D eigenvalue weighted by molar-refractivity contribution is 5.92. The van der Waals surface area contributed by atoms with E-state index in [1.165, 1.54) is 12.1 Å². The molecule has 0 saturated carbocycles. The molecule has 0 spiro atoms. The van der Waals surface area contributed by atoms with E-state index in [9.17, 15) is 14.9 Å². The van der Waals surface area contributed by atoms with Crippen LogP contribution >= 0.6 is 0 Å². The van der Waals surface area contributed by atoms with Gasteiger partial charge in [0.2, 0.25) is 5.91 Å². The molecule has 9 nitrogen and oxygen atoms in total. The number of hydrogen-bond acceptors (Lipinski definition) is 7. The van der Waals surface area contributed by atoms with Crippen molar-refractivity contribution in [2.45, 2.75) is 20.1 Å². The number of carbonyl (C=O) groups excluding carboxylic acids is 1. The predicted molar refractivity (Wildman–Crippen MR) is 106 cm³/mol. The molecule has 1 heterocycles. The summed E-state index contributed by atoms with van der Waals surface area (Å²) in [5, 5.41) is 14.1. The molecule has 154 valence electrons. The lowest BCUT2D eigenvalue weighted by Crippen LogP contribution is -2.33. The molecule has 29 heavy (non-hydrogen) atoms. The molecule has 0 saturated heterocycles. The van der Waals surface area contributed by atoms with Crippen molar-refractivity contribution >= 4 is 17.3 Å². The van der Waals surface area contributed by atoms with E-state index in [0.717, 1.165) is 0 Å². The quantitative estimate of drug-likeness (QED) is 0.536. The van der Waals surface area contributed by atoms with Gasteiger partial charge in [0, 0.05) is 35.5 Å². The minimum absolute atomic E-state index is 0.0217. The summed E-state index contributed by atoms with van der Waals surface area (Å²) < 4.78 is 15.9. The van der Waals surface area contributed by atoms with Crippen molar-refractivity contribution < 1.29 is 23.9 Å². The molecule has 3 rings (SSSR count). The Morgan fingerprint density at radius 1 is 1.31 bits per heavy atom. The minimum Gasteiger partial charge on any atom is -0.497 e. The second-order valence-corrected chi connectivity index (χ2v) is 6.54. The molecule has 0 aromatic heterocycles. The Morgan fingerprint density at radius 2 is 2.07 bits per heavy atom. The smallest absolute Gasteiger partial charge is 0.270 e. The largest absolute Gasteiger partial charge is 0.497 e. The van der Waals surface area contributed by atoms with Gasteiger partial charge in [-0.25, -0.2) is 0 Å². The number of anilines is 1. The van der Waals surface area contributed by atoms with Crippen LogP contribution in [-0.2, 0) is 22.7 Å². The van der Waals surface area contributed by atoms with Gasteiger partial charge in [-0.15, -0.1) is 0 Å². The number of fused-ring (bicyclic) bond motifs is 1. The zero-order valence-electron chi connectivity index (χ0n) is 16.3. The van der Waals surface area contributed by atoms with Crippen LogP contribution in [0.25, 0.3) is 0 Å². The SMILES string of the molecule is CCN(CC(=O)Nc1ccc(OC)cc1)Cc1cc([N+](=O)[O-])cc2c1OCOC2. The number of ether oxygens (including phenoxy) is 3. The average molecular weight is 401 g/mol. The zero-order chi connectivity index (χ0) is 20.8. The summed E-state index contributed by atoms with van der Waals surface area (Å²) in [5.41, 5.74) is 1.95. The Labute approximate surface area is 168 Å². The highest BCUT2D eigenvalue weighted by Crippen LogP contribution is 2.33. The van der Waals surface area contributed by atoms with Crippen LogP contribution in [-0.4, -0.2) is 42.7 Å². The molecule has 1 amide bonds. The number of hydrogen-bond donors (Lipinski definition) is 1. The summed E-state index contributed by atoms with van der Waals surface area (Å²) in [7, 11) is 1.58. The van der Waals surface area contributed by atoms with Crippen molar-refractivity contribution in [3.8, 4) is 11.5 Å². The molecule has 1 aliphatic heterocycles. The summed E-state index contributed by atoms with van der Waals surface area (Å²) in [6.45, 7) is 3.35. The van der Waals surface area contributed by atoms with Crippen molar-refractivity contribution in [1.29, 1.82) is 0 Å². The van der Waals surface area contributed by atoms with Gasteiger partial charge in [-0.1, -0.05) is 6.92 Å². The molecule has 0 bridgehead atoms. The van der Waals surface area contributed by atoms with Crippen LogP contribution in [0.5, 0.6) is 11.5 Å². The maximum Gasteiger partial charge on any atom is 0.270 e. The average Bonchev–Trinajstić information content (AvgIpc) is 2.73. The maximum atomic E-state index is 12.4. The number of rotatable bonds is 8. The molecular formula is C20H23N3O6. The van der Waals surface area contributed by atoms with Crippen LogP contribution in [0, 0.1) is 10.1 Å². The van der Waals surface area contributed by atoms with Crippen molar-refractivity contribution in [1.82, 2.24) is 4.90 Å². The fourth-order valence-electron chi connectivity index (χ4n) is 3.10. The van der Waals surface area contributed by atoms with Gasteiger partial charge in [-0.3, -0.25) is 19.8 Å². The van der Waals surface area contributed by atoms with E-state index in [-0.39, 0.29) is 31.5 Å². The number of nitro benzene ring substituents is 1. The lowest BCUT2D eigenvalue weighted by Gasteiger charge is -2.24. The van der Waals surface area contributed by atoms with E-state index >= 15 is 0 Å². The molecule has 0 fully saturated rings. The zero-order valence-corrected chi connectivity index (χ0v) is 16.3. The maximum absolute atomic E-state index is 12.4. The normalized spacial score (nSPS) is 12.8. The van der Waals surface area contributed by atoms with E-state index in [1.807, 2.05) is 11.8 Å². The third-order valence-electron chi connectivity index (χ3n) is 4.56. The van der Waals surface area contributed by atoms with Crippen LogP contribution in [0.1, 0.15) is 18.1 Å². The fourth-order valence-corrected chi connectivity index (χ4v) is 3.10. The second-order valence-electron chi connectivity index (χ2n) is 6.54. The molecule has 2 aromatic rings. The van der Waals surface area contributed by atoms with Gasteiger partial charge < -0.3 is 19.5 Å². The second kappa shape index (κ2) is 9.35. The number of nitro groups is 1. The van der Waals surface area contributed by atoms with E-state index in [1.54, 1.807) is 31.4 Å². The van der Waals surface area contributed by atoms with Crippen LogP contribution < -0.4 is 14.8 Å². The number of likely N-dealkylation sites (N-methyl/N-ethyl adjacent to an activating group) is 1. The highest BCUT2D eigenvalue weighted by atomic mass is 16.7. The molecule has 0 radical (unpaired) electrons. The lowest BCUT2D eigenvalue weighted by molar-refractivity contribution is -0.385. The molecular weight excluding hydrogens is 378 g/mol. The van der Waals surface area contributed by atoms with Crippen molar-refractivity contribution in [3.63, 3.8) is 0 Å². The third kappa shape index (κ3) is 5.21. The topological polar surface area (TPSA) is 103 Å². The summed E-state index contributed by atoms with van der Waals surface area (Å²) in [5.74, 6) is 1.12. The molecule has 2 aromatic carbocycles. The Balaban J connectivity index is 1.71. The summed E-state index contributed by atoms with van der Waals surface area (Å²) >= 11 is 0. The number of carbonyl (C=O) groups is 1. The van der Waals surface area contributed by atoms with Crippen LogP contribution in [0.3, 0.4) is 0 Å². The molecule has 0 aliphatic carbocycles. The van der Waals surface area contributed by atoms with Gasteiger partial charge in [0.1, 0.15) is 11.5 Å². The number of nitrogens with one attached hydrogen (secondary N) is 1. The van der Waals surface area contributed by atoms with Crippen LogP contribution in [0.4, 0.5) is 11.4 Å². The number of benzene rings is 2. The monoisotopic (exact) mass is 401 g/mol. The highest BCUT2D eigenvalue weighted by Gasteiger charge is 2.22. The Kier molecular flexibility index (Phi) is 6.63. The van der Waals surface area contributed by atoms with Crippen LogP contribution in [0.15, 0.2) is 36.4 Å². The minimum atomic E-state index is -0.439. The molecule has 1 N–H and O–H groups in total. The number of nitrogens with zero attached hydrogens (tertiary/aromatic N) is 2. The molecule has 1 aliphatic rings. The van der Waals surface area contributed by atoms with Gasteiger partial charge >= 0.3 is 0 Å². The molecule has 9 heteroatoms. The number of non-ortho nitro benzene ring substituents is 1. The van der Waals surface area contributed by atoms with Crippen molar-refractivity contribution in [2.24, 2.45) is 0 Å². The first-order valence-corrected chi connectivity index (χ1v) is 9.17. The Bertz CT molecular complexity index is 885. The first-order chi connectivity index (χ1) is 14.0. The van der Waals surface area contributed by atoms with Crippen LogP contribution in [0.2, 0.25) is 0 Å². The Morgan fingerprint density at radius 3 is 2.72 bits per heavy atom.